The molecular formula is C15H19N. The highest BCUT2D eigenvalue weighted by molar-refractivity contribution is 5.55. The lowest BCUT2D eigenvalue weighted by atomic mass is 9.83. The van der Waals surface area contributed by atoms with Crippen molar-refractivity contribution in [2.45, 2.75) is 12.8 Å². The number of fused-ring (bicyclic) bond motifs is 2. The fraction of sp³-hybridized carbons (Fsp3) is 0.467. The summed E-state index contributed by atoms with van der Waals surface area (Å²) < 4.78 is 0. The van der Waals surface area contributed by atoms with Crippen molar-refractivity contribution in [2.24, 2.45) is 11.8 Å². The Kier molecular flexibility index (Phi) is 2.56. The lowest BCUT2D eigenvalue weighted by molar-refractivity contribution is 0.170. The largest absolute Gasteiger partial charge is 0.306 e. The highest BCUT2D eigenvalue weighted by Crippen LogP contribution is 2.32. The Hall–Kier alpha value is -1.08. The number of allylic oxidation sites excluding steroid dienone is 1. The van der Waals surface area contributed by atoms with Crippen LogP contribution < -0.4 is 0 Å². The second-order valence-corrected chi connectivity index (χ2v) is 5.24. The maximum atomic E-state index is 2.48. The van der Waals surface area contributed by atoms with Crippen molar-refractivity contribution in [3.05, 3.63) is 41.5 Å². The van der Waals surface area contributed by atoms with E-state index >= 15 is 0 Å². The SMILES string of the molecule is CN1CC[C@H]2C=Cc3ccccc3C[C@@H]2C1. The topological polar surface area (TPSA) is 3.24 Å². The summed E-state index contributed by atoms with van der Waals surface area (Å²) in [4.78, 5) is 2.48. The van der Waals surface area contributed by atoms with E-state index < -0.39 is 0 Å². The van der Waals surface area contributed by atoms with Gasteiger partial charge in [-0.05, 0) is 49.4 Å². The van der Waals surface area contributed by atoms with Gasteiger partial charge in [-0.1, -0.05) is 36.4 Å². The van der Waals surface area contributed by atoms with E-state index in [0.717, 1.165) is 11.8 Å². The Morgan fingerprint density at radius 1 is 1.25 bits per heavy atom. The molecule has 1 heteroatoms. The third-order valence-corrected chi connectivity index (χ3v) is 4.06. The zero-order chi connectivity index (χ0) is 11.0. The van der Waals surface area contributed by atoms with Gasteiger partial charge < -0.3 is 4.90 Å². The van der Waals surface area contributed by atoms with Gasteiger partial charge in [0.2, 0.25) is 0 Å². The molecule has 0 amide bonds. The molecule has 0 bridgehead atoms. The van der Waals surface area contributed by atoms with Gasteiger partial charge >= 0.3 is 0 Å². The van der Waals surface area contributed by atoms with Gasteiger partial charge in [0.05, 0.1) is 0 Å². The fourth-order valence-corrected chi connectivity index (χ4v) is 3.09. The van der Waals surface area contributed by atoms with E-state index in [1.165, 1.54) is 37.1 Å². The maximum Gasteiger partial charge on any atom is 0.00154 e. The normalized spacial score (nSPS) is 29.3. The molecule has 1 aliphatic carbocycles. The minimum atomic E-state index is 0.795. The number of nitrogens with zero attached hydrogens (tertiary/aromatic N) is 1. The molecule has 1 fully saturated rings. The molecular weight excluding hydrogens is 194 g/mol. The van der Waals surface area contributed by atoms with E-state index in [-0.39, 0.29) is 0 Å². The Labute approximate surface area is 97.8 Å². The molecule has 1 aromatic rings. The summed E-state index contributed by atoms with van der Waals surface area (Å²) in [6.45, 7) is 2.51. The molecule has 16 heavy (non-hydrogen) atoms. The van der Waals surface area contributed by atoms with E-state index in [1.54, 1.807) is 0 Å². The monoisotopic (exact) mass is 213 g/mol. The molecule has 1 heterocycles. The van der Waals surface area contributed by atoms with Crippen molar-refractivity contribution in [1.82, 2.24) is 4.90 Å². The zero-order valence-corrected chi connectivity index (χ0v) is 9.89. The summed E-state index contributed by atoms with van der Waals surface area (Å²) in [5.41, 5.74) is 2.96. The minimum absolute atomic E-state index is 0.795. The van der Waals surface area contributed by atoms with Crippen LogP contribution in [0.5, 0.6) is 0 Å². The van der Waals surface area contributed by atoms with Gasteiger partial charge in [-0.25, -0.2) is 0 Å². The van der Waals surface area contributed by atoms with Crippen LogP contribution in [-0.4, -0.2) is 25.0 Å². The highest BCUT2D eigenvalue weighted by Gasteiger charge is 2.27. The molecule has 0 radical (unpaired) electrons. The maximum absolute atomic E-state index is 2.48. The average molecular weight is 213 g/mol. The van der Waals surface area contributed by atoms with Crippen molar-refractivity contribution in [3.63, 3.8) is 0 Å². The lowest BCUT2D eigenvalue weighted by Gasteiger charge is -2.34. The summed E-state index contributed by atoms with van der Waals surface area (Å²) in [5, 5.41) is 0. The Morgan fingerprint density at radius 3 is 3.06 bits per heavy atom. The second-order valence-electron chi connectivity index (χ2n) is 5.24. The lowest BCUT2D eigenvalue weighted by Crippen LogP contribution is -2.38. The average Bonchev–Trinajstić information content (AvgIpc) is 2.47. The Balaban J connectivity index is 1.92. The van der Waals surface area contributed by atoms with E-state index in [1.807, 2.05) is 0 Å². The van der Waals surface area contributed by atoms with Crippen LogP contribution >= 0.6 is 0 Å². The molecule has 3 rings (SSSR count). The van der Waals surface area contributed by atoms with E-state index in [9.17, 15) is 0 Å². The summed E-state index contributed by atoms with van der Waals surface area (Å²) in [7, 11) is 2.25. The molecule has 0 N–H and O–H groups in total. The summed E-state index contributed by atoms with van der Waals surface area (Å²) >= 11 is 0. The van der Waals surface area contributed by atoms with Crippen LogP contribution in [-0.2, 0) is 6.42 Å². The van der Waals surface area contributed by atoms with Gasteiger partial charge in [-0.15, -0.1) is 0 Å². The van der Waals surface area contributed by atoms with Gasteiger partial charge in [0, 0.05) is 6.54 Å². The van der Waals surface area contributed by atoms with Crippen LogP contribution in [0.1, 0.15) is 17.5 Å². The number of likely N-dealkylation sites (tertiary alicyclic amines) is 1. The smallest absolute Gasteiger partial charge is 0.00154 e. The molecule has 0 unspecified atom stereocenters. The van der Waals surface area contributed by atoms with Crippen molar-refractivity contribution in [1.29, 1.82) is 0 Å². The summed E-state index contributed by atoms with van der Waals surface area (Å²) in [5.74, 6) is 1.61. The van der Waals surface area contributed by atoms with Gasteiger partial charge in [0.1, 0.15) is 0 Å². The van der Waals surface area contributed by atoms with Gasteiger partial charge in [-0.3, -0.25) is 0 Å². The summed E-state index contributed by atoms with van der Waals surface area (Å²) in [6, 6.07) is 8.84. The van der Waals surface area contributed by atoms with Crippen LogP contribution in [0.3, 0.4) is 0 Å². The molecule has 1 aromatic carbocycles. The predicted octanol–water partition coefficient (Wildman–Crippen LogP) is 2.82. The first-order valence-corrected chi connectivity index (χ1v) is 6.27. The number of hydrogen-bond acceptors (Lipinski definition) is 1. The molecule has 1 saturated heterocycles. The van der Waals surface area contributed by atoms with Crippen molar-refractivity contribution in [3.8, 4) is 0 Å². The molecule has 2 atom stereocenters. The second kappa shape index (κ2) is 4.06. The van der Waals surface area contributed by atoms with Gasteiger partial charge in [0.25, 0.3) is 0 Å². The van der Waals surface area contributed by atoms with Crippen LogP contribution in [0, 0.1) is 11.8 Å². The third-order valence-electron chi connectivity index (χ3n) is 4.06. The quantitative estimate of drug-likeness (QED) is 0.640. The number of hydrogen-bond donors (Lipinski definition) is 0. The minimum Gasteiger partial charge on any atom is -0.306 e. The first kappa shape index (κ1) is 10.1. The zero-order valence-electron chi connectivity index (χ0n) is 9.89. The number of piperidine rings is 1. The fourth-order valence-electron chi connectivity index (χ4n) is 3.09. The third kappa shape index (κ3) is 1.80. The van der Waals surface area contributed by atoms with Crippen molar-refractivity contribution in [2.75, 3.05) is 20.1 Å². The van der Waals surface area contributed by atoms with Gasteiger partial charge in [0.15, 0.2) is 0 Å². The van der Waals surface area contributed by atoms with Crippen LogP contribution in [0.25, 0.3) is 6.08 Å². The van der Waals surface area contributed by atoms with Crippen LogP contribution in [0.4, 0.5) is 0 Å². The van der Waals surface area contributed by atoms with E-state index in [0.29, 0.717) is 0 Å². The molecule has 84 valence electrons. The first-order chi connectivity index (χ1) is 7.83. The molecule has 0 spiro atoms. The number of rotatable bonds is 0. The standard InChI is InChI=1S/C15H19N/c1-16-9-8-13-7-6-12-4-2-3-5-14(12)10-15(13)11-16/h2-7,13,15H,8-11H2,1H3/t13-,15-/m1/s1. The molecule has 2 aliphatic rings. The van der Waals surface area contributed by atoms with Crippen LogP contribution in [0.2, 0.25) is 0 Å². The van der Waals surface area contributed by atoms with Crippen molar-refractivity contribution >= 4 is 6.08 Å². The molecule has 0 aromatic heterocycles. The first-order valence-electron chi connectivity index (χ1n) is 6.27. The van der Waals surface area contributed by atoms with E-state index in [2.05, 4.69) is 48.4 Å². The predicted molar refractivity (Wildman–Crippen MR) is 68.3 cm³/mol. The van der Waals surface area contributed by atoms with Crippen LogP contribution in [0.15, 0.2) is 30.3 Å². The number of benzene rings is 1. The molecule has 1 aliphatic heterocycles. The highest BCUT2D eigenvalue weighted by atomic mass is 15.1. The summed E-state index contributed by atoms with van der Waals surface area (Å²) in [6.07, 6.45) is 7.36. The van der Waals surface area contributed by atoms with Gasteiger partial charge in [-0.2, -0.15) is 0 Å². The van der Waals surface area contributed by atoms with Crippen molar-refractivity contribution < 1.29 is 0 Å². The Bertz CT molecular complexity index is 408. The molecule has 1 nitrogen and oxygen atoms in total. The van der Waals surface area contributed by atoms with E-state index in [4.69, 9.17) is 0 Å². The molecule has 0 saturated carbocycles. The Morgan fingerprint density at radius 2 is 2.12 bits per heavy atom.